The summed E-state index contributed by atoms with van der Waals surface area (Å²) in [5, 5.41) is 2.63. The van der Waals surface area contributed by atoms with E-state index in [0.717, 1.165) is 11.1 Å². The van der Waals surface area contributed by atoms with Gasteiger partial charge in [-0.05, 0) is 54.3 Å². The van der Waals surface area contributed by atoms with Gasteiger partial charge in [0.2, 0.25) is 0 Å². The summed E-state index contributed by atoms with van der Waals surface area (Å²) in [6.45, 7) is 0.0416. The Morgan fingerprint density at radius 2 is 1.51 bits per heavy atom. The van der Waals surface area contributed by atoms with Crippen molar-refractivity contribution in [1.82, 2.24) is 10.2 Å². The van der Waals surface area contributed by atoms with Crippen LogP contribution in [0.4, 0.5) is 4.39 Å². The molecule has 7 nitrogen and oxygen atoms in total. The molecule has 0 saturated carbocycles. The van der Waals surface area contributed by atoms with Gasteiger partial charge in [-0.15, -0.1) is 0 Å². The first kappa shape index (κ1) is 23.8. The monoisotopic (exact) mass is 474 g/mol. The van der Waals surface area contributed by atoms with Crippen molar-refractivity contribution in [2.45, 2.75) is 12.8 Å². The average Bonchev–Trinajstić information content (AvgIpc) is 3.11. The Morgan fingerprint density at radius 1 is 0.829 bits per heavy atom. The molecule has 178 valence electrons. The minimum atomic E-state index is -0.774. The number of hydrogen-bond donors (Lipinski definition) is 1. The van der Waals surface area contributed by atoms with Gasteiger partial charge in [0.05, 0.1) is 16.7 Å². The molecule has 1 heterocycles. The molecular formula is C27H23FN2O5. The van der Waals surface area contributed by atoms with Gasteiger partial charge in [0, 0.05) is 13.1 Å². The zero-order valence-corrected chi connectivity index (χ0v) is 18.8. The number of rotatable bonds is 9. The highest BCUT2D eigenvalue weighted by molar-refractivity contribution is 6.22. The molecule has 8 heteroatoms. The lowest BCUT2D eigenvalue weighted by atomic mass is 10.1. The number of carbonyl (C=O) groups excluding carboxylic acids is 4. The van der Waals surface area contributed by atoms with E-state index in [-0.39, 0.29) is 29.1 Å². The number of benzene rings is 3. The minimum Gasteiger partial charge on any atom is -0.452 e. The molecule has 0 aliphatic carbocycles. The maximum Gasteiger partial charge on any atom is 0.338 e. The van der Waals surface area contributed by atoms with E-state index in [9.17, 15) is 23.6 Å². The lowest BCUT2D eigenvalue weighted by Crippen LogP contribution is -2.31. The summed E-state index contributed by atoms with van der Waals surface area (Å²) in [5.41, 5.74) is 2.32. The third-order valence-electron chi connectivity index (χ3n) is 5.66. The number of fused-ring (bicyclic) bond motifs is 1. The van der Waals surface area contributed by atoms with E-state index < -0.39 is 30.3 Å². The van der Waals surface area contributed by atoms with Gasteiger partial charge in [-0.1, -0.05) is 42.5 Å². The van der Waals surface area contributed by atoms with Crippen LogP contribution in [0.25, 0.3) is 0 Å². The third kappa shape index (κ3) is 5.78. The summed E-state index contributed by atoms with van der Waals surface area (Å²) >= 11 is 0. The van der Waals surface area contributed by atoms with Crippen molar-refractivity contribution in [3.8, 4) is 0 Å². The van der Waals surface area contributed by atoms with Gasteiger partial charge in [-0.25, -0.2) is 9.18 Å². The molecule has 0 saturated heterocycles. The Labute approximate surface area is 201 Å². The van der Waals surface area contributed by atoms with Crippen LogP contribution in [-0.4, -0.2) is 48.3 Å². The zero-order chi connectivity index (χ0) is 24.8. The normalized spacial score (nSPS) is 12.4. The highest BCUT2D eigenvalue weighted by Gasteiger charge is 2.35. The number of nitrogens with one attached hydrogen (secondary N) is 1. The molecule has 1 aliphatic rings. The molecule has 0 bridgehead atoms. The molecule has 0 aromatic heterocycles. The van der Waals surface area contributed by atoms with Gasteiger partial charge in [0.1, 0.15) is 5.82 Å². The number of hydrogen-bond acceptors (Lipinski definition) is 5. The predicted octanol–water partition coefficient (Wildman–Crippen LogP) is 3.18. The quantitative estimate of drug-likeness (QED) is 0.380. The van der Waals surface area contributed by atoms with E-state index >= 15 is 0 Å². The lowest BCUT2D eigenvalue weighted by molar-refractivity contribution is -0.124. The van der Waals surface area contributed by atoms with Crippen LogP contribution in [0, 0.1) is 5.82 Å². The molecule has 3 amide bonds. The Balaban J connectivity index is 1.28. The maximum absolute atomic E-state index is 12.9. The second-order valence-corrected chi connectivity index (χ2v) is 8.06. The summed E-state index contributed by atoms with van der Waals surface area (Å²) in [4.78, 5) is 51.0. The molecule has 3 aromatic carbocycles. The fourth-order valence-electron chi connectivity index (χ4n) is 3.77. The number of esters is 1. The van der Waals surface area contributed by atoms with E-state index in [0.29, 0.717) is 19.4 Å². The molecule has 0 atom stereocenters. The number of halogens is 1. The van der Waals surface area contributed by atoms with Crippen LogP contribution in [0.15, 0.2) is 72.8 Å². The van der Waals surface area contributed by atoms with E-state index in [1.165, 1.54) is 35.2 Å². The molecule has 0 unspecified atom stereocenters. The van der Waals surface area contributed by atoms with Crippen molar-refractivity contribution in [2.75, 3.05) is 19.7 Å². The summed E-state index contributed by atoms with van der Waals surface area (Å²) < 4.78 is 18.0. The number of imide groups is 1. The Morgan fingerprint density at radius 3 is 2.26 bits per heavy atom. The molecule has 1 aliphatic heterocycles. The van der Waals surface area contributed by atoms with Crippen LogP contribution in [0.2, 0.25) is 0 Å². The molecule has 1 N–H and O–H groups in total. The summed E-state index contributed by atoms with van der Waals surface area (Å²) in [5.74, 6) is -2.46. The first-order valence-corrected chi connectivity index (χ1v) is 11.1. The Kier molecular flexibility index (Phi) is 7.30. The zero-order valence-electron chi connectivity index (χ0n) is 18.8. The maximum atomic E-state index is 12.9. The van der Waals surface area contributed by atoms with Crippen LogP contribution < -0.4 is 5.32 Å². The van der Waals surface area contributed by atoms with E-state index in [2.05, 4.69) is 5.32 Å². The van der Waals surface area contributed by atoms with Gasteiger partial charge < -0.3 is 10.1 Å². The standard InChI is InChI=1S/C27H23FN2O5/c28-21-9-6-19(7-10-21)12-14-29-24(31)17-35-27(34)20-8-11-22-23(16-20)26(33)30(25(22)32)15-13-18-4-2-1-3-5-18/h1-11,16H,12-15,17H2,(H,29,31). The summed E-state index contributed by atoms with van der Waals surface area (Å²) in [7, 11) is 0. The van der Waals surface area contributed by atoms with Gasteiger partial charge in [0.15, 0.2) is 6.61 Å². The van der Waals surface area contributed by atoms with Crippen LogP contribution >= 0.6 is 0 Å². The fraction of sp³-hybridized carbons (Fsp3) is 0.185. The van der Waals surface area contributed by atoms with Crippen molar-refractivity contribution < 1.29 is 28.3 Å². The van der Waals surface area contributed by atoms with Crippen LogP contribution in [0.3, 0.4) is 0 Å². The predicted molar refractivity (Wildman–Crippen MR) is 125 cm³/mol. The van der Waals surface area contributed by atoms with Gasteiger partial charge in [0.25, 0.3) is 17.7 Å². The second kappa shape index (κ2) is 10.7. The van der Waals surface area contributed by atoms with E-state index in [1.54, 1.807) is 12.1 Å². The number of carbonyl (C=O) groups is 4. The Bertz CT molecular complexity index is 1260. The highest BCUT2D eigenvalue weighted by Crippen LogP contribution is 2.24. The molecule has 35 heavy (non-hydrogen) atoms. The van der Waals surface area contributed by atoms with Crippen molar-refractivity contribution >= 4 is 23.7 Å². The third-order valence-corrected chi connectivity index (χ3v) is 5.66. The van der Waals surface area contributed by atoms with Crippen molar-refractivity contribution in [3.05, 3.63) is 106 Å². The minimum absolute atomic E-state index is 0.0777. The molecule has 3 aromatic rings. The van der Waals surface area contributed by atoms with Crippen LogP contribution in [0.5, 0.6) is 0 Å². The Hall–Kier alpha value is -4.33. The number of nitrogens with zero attached hydrogens (tertiary/aromatic N) is 1. The largest absolute Gasteiger partial charge is 0.452 e. The topological polar surface area (TPSA) is 92.8 Å². The fourth-order valence-corrected chi connectivity index (χ4v) is 3.77. The lowest BCUT2D eigenvalue weighted by Gasteiger charge is -2.13. The molecule has 0 fully saturated rings. The summed E-state index contributed by atoms with van der Waals surface area (Å²) in [6, 6.07) is 19.6. The average molecular weight is 474 g/mol. The smallest absolute Gasteiger partial charge is 0.338 e. The van der Waals surface area contributed by atoms with Gasteiger partial charge in [-0.3, -0.25) is 19.3 Å². The van der Waals surface area contributed by atoms with Gasteiger partial charge >= 0.3 is 5.97 Å². The molecule has 0 spiro atoms. The first-order valence-electron chi connectivity index (χ1n) is 11.1. The van der Waals surface area contributed by atoms with Crippen LogP contribution in [0.1, 0.15) is 42.2 Å². The molecule has 0 radical (unpaired) electrons. The van der Waals surface area contributed by atoms with Crippen molar-refractivity contribution in [1.29, 1.82) is 0 Å². The van der Waals surface area contributed by atoms with Crippen molar-refractivity contribution in [3.63, 3.8) is 0 Å². The number of amides is 3. The van der Waals surface area contributed by atoms with Gasteiger partial charge in [-0.2, -0.15) is 0 Å². The molecule has 4 rings (SSSR count). The van der Waals surface area contributed by atoms with Crippen LogP contribution in [-0.2, 0) is 22.4 Å². The highest BCUT2D eigenvalue weighted by atomic mass is 19.1. The van der Waals surface area contributed by atoms with Crippen molar-refractivity contribution in [2.24, 2.45) is 0 Å². The number of ether oxygens (including phenoxy) is 1. The summed E-state index contributed by atoms with van der Waals surface area (Å²) in [6.07, 6.45) is 1.03. The first-order chi connectivity index (χ1) is 16.9. The SMILES string of the molecule is O=C(COC(=O)c1ccc2c(c1)C(=O)N(CCc1ccccc1)C2=O)NCCc1ccc(F)cc1. The van der Waals surface area contributed by atoms with E-state index in [1.807, 2.05) is 30.3 Å². The molecular weight excluding hydrogens is 451 g/mol. The van der Waals surface area contributed by atoms with E-state index in [4.69, 9.17) is 4.74 Å². The second-order valence-electron chi connectivity index (χ2n) is 8.06.